The Labute approximate surface area is 150 Å². The third kappa shape index (κ3) is 2.61. The van der Waals surface area contributed by atoms with Crippen molar-refractivity contribution in [2.75, 3.05) is 18.0 Å². The average molecular weight is 345 g/mol. The molecule has 0 bridgehead atoms. The van der Waals surface area contributed by atoms with E-state index in [2.05, 4.69) is 31.5 Å². The molecule has 0 amide bonds. The highest BCUT2D eigenvalue weighted by Gasteiger charge is 2.27. The zero-order valence-corrected chi connectivity index (χ0v) is 14.3. The standard InChI is InChI=1S/C19H19N7/c1-2-8-15(9-3-1)26-19(22-23-24-26)25-12-6-7-14(13-25)18-20-16-10-4-5-11-17(16)21-18/h1-5,8-11,14H,6-7,12-13H2,(H,20,21). The Kier molecular flexibility index (Phi) is 3.62. The van der Waals surface area contributed by atoms with Gasteiger partial charge >= 0.3 is 0 Å². The second kappa shape index (κ2) is 6.25. The van der Waals surface area contributed by atoms with Gasteiger partial charge in [-0.15, -0.1) is 0 Å². The molecule has 0 saturated carbocycles. The van der Waals surface area contributed by atoms with E-state index in [1.165, 1.54) is 0 Å². The maximum absolute atomic E-state index is 4.79. The largest absolute Gasteiger partial charge is 0.342 e. The molecule has 1 N–H and O–H groups in total. The molecule has 1 aliphatic heterocycles. The lowest BCUT2D eigenvalue weighted by atomic mass is 9.97. The van der Waals surface area contributed by atoms with Crippen LogP contribution in [-0.4, -0.2) is 43.3 Å². The second-order valence-corrected chi connectivity index (χ2v) is 6.65. The number of aromatic nitrogens is 6. The van der Waals surface area contributed by atoms with E-state index in [4.69, 9.17) is 4.98 Å². The average Bonchev–Trinajstić information content (AvgIpc) is 3.36. The summed E-state index contributed by atoms with van der Waals surface area (Å²) in [6, 6.07) is 18.2. The summed E-state index contributed by atoms with van der Waals surface area (Å²) in [5.41, 5.74) is 3.08. The summed E-state index contributed by atoms with van der Waals surface area (Å²) in [6.07, 6.45) is 2.20. The van der Waals surface area contributed by atoms with E-state index in [-0.39, 0.29) is 0 Å². The predicted molar refractivity (Wildman–Crippen MR) is 99.4 cm³/mol. The van der Waals surface area contributed by atoms with Crippen molar-refractivity contribution in [2.45, 2.75) is 18.8 Å². The number of aromatic amines is 1. The summed E-state index contributed by atoms with van der Waals surface area (Å²) in [4.78, 5) is 10.5. The summed E-state index contributed by atoms with van der Waals surface area (Å²) in [5, 5.41) is 12.4. The van der Waals surface area contributed by atoms with Crippen molar-refractivity contribution < 1.29 is 0 Å². The number of hydrogen-bond acceptors (Lipinski definition) is 5. The molecule has 7 heteroatoms. The number of nitrogens with one attached hydrogen (secondary N) is 1. The van der Waals surface area contributed by atoms with Crippen molar-refractivity contribution in [3.05, 3.63) is 60.4 Å². The molecular formula is C19H19N7. The van der Waals surface area contributed by atoms with E-state index in [0.29, 0.717) is 5.92 Å². The van der Waals surface area contributed by atoms with Crippen LogP contribution in [0.1, 0.15) is 24.6 Å². The Morgan fingerprint density at radius 2 is 1.85 bits per heavy atom. The summed E-state index contributed by atoms with van der Waals surface area (Å²) in [6.45, 7) is 1.80. The van der Waals surface area contributed by atoms with Crippen molar-refractivity contribution in [1.29, 1.82) is 0 Å². The van der Waals surface area contributed by atoms with Crippen LogP contribution in [0.25, 0.3) is 16.7 Å². The molecule has 2 aromatic heterocycles. The Morgan fingerprint density at radius 1 is 1.00 bits per heavy atom. The van der Waals surface area contributed by atoms with Gasteiger partial charge in [0.1, 0.15) is 5.82 Å². The first-order valence-electron chi connectivity index (χ1n) is 8.92. The molecule has 1 aliphatic rings. The van der Waals surface area contributed by atoms with Crippen molar-refractivity contribution >= 4 is 17.0 Å². The van der Waals surface area contributed by atoms with Crippen molar-refractivity contribution in [3.63, 3.8) is 0 Å². The van der Waals surface area contributed by atoms with Gasteiger partial charge in [0, 0.05) is 19.0 Å². The zero-order valence-electron chi connectivity index (χ0n) is 14.3. The number of tetrazole rings is 1. The number of piperidine rings is 1. The van der Waals surface area contributed by atoms with E-state index in [1.54, 1.807) is 4.68 Å². The van der Waals surface area contributed by atoms with Crippen LogP contribution in [0.4, 0.5) is 5.95 Å². The first-order chi connectivity index (χ1) is 12.9. The van der Waals surface area contributed by atoms with Gasteiger partial charge in [-0.2, -0.15) is 4.68 Å². The van der Waals surface area contributed by atoms with E-state index < -0.39 is 0 Å². The molecule has 1 saturated heterocycles. The number of H-pyrrole nitrogens is 1. The normalized spacial score (nSPS) is 17.7. The van der Waals surface area contributed by atoms with Crippen LogP contribution in [0.15, 0.2) is 54.6 Å². The van der Waals surface area contributed by atoms with Gasteiger partial charge in [0.25, 0.3) is 0 Å². The number of benzene rings is 2. The lowest BCUT2D eigenvalue weighted by Crippen LogP contribution is -2.36. The summed E-state index contributed by atoms with van der Waals surface area (Å²) < 4.78 is 1.81. The minimum absolute atomic E-state index is 0.345. The maximum atomic E-state index is 4.79. The fourth-order valence-electron chi connectivity index (χ4n) is 3.66. The Balaban J connectivity index is 1.44. The molecule has 4 aromatic rings. The minimum atomic E-state index is 0.345. The maximum Gasteiger partial charge on any atom is 0.250 e. The van der Waals surface area contributed by atoms with Gasteiger partial charge in [-0.05, 0) is 47.5 Å². The van der Waals surface area contributed by atoms with Crippen LogP contribution in [0.5, 0.6) is 0 Å². The first-order valence-corrected chi connectivity index (χ1v) is 8.92. The topological polar surface area (TPSA) is 75.5 Å². The van der Waals surface area contributed by atoms with Crippen LogP contribution in [-0.2, 0) is 0 Å². The Hall–Kier alpha value is -3.22. The lowest BCUT2D eigenvalue weighted by Gasteiger charge is -2.31. The Bertz CT molecular complexity index is 987. The molecule has 130 valence electrons. The molecule has 1 atom stereocenters. The number of anilines is 1. The molecule has 0 aliphatic carbocycles. The monoisotopic (exact) mass is 345 g/mol. The molecule has 1 fully saturated rings. The Morgan fingerprint density at radius 3 is 2.73 bits per heavy atom. The molecule has 3 heterocycles. The summed E-state index contributed by atoms with van der Waals surface area (Å²) >= 11 is 0. The first kappa shape index (κ1) is 15.1. The molecule has 26 heavy (non-hydrogen) atoms. The number of imidazole rings is 1. The van der Waals surface area contributed by atoms with E-state index in [1.807, 2.05) is 48.5 Å². The van der Waals surface area contributed by atoms with Crippen LogP contribution in [0, 0.1) is 0 Å². The SMILES string of the molecule is c1ccc(-n2nnnc2N2CCCC(c3nc4ccccc4[nH]3)C2)cc1. The number of nitrogens with zero attached hydrogens (tertiary/aromatic N) is 6. The number of para-hydroxylation sites is 3. The molecule has 0 spiro atoms. The van der Waals surface area contributed by atoms with Crippen LogP contribution in [0.2, 0.25) is 0 Å². The summed E-state index contributed by atoms with van der Waals surface area (Å²) in [7, 11) is 0. The fourth-order valence-corrected chi connectivity index (χ4v) is 3.66. The van der Waals surface area contributed by atoms with Gasteiger partial charge in [0.2, 0.25) is 5.95 Å². The predicted octanol–water partition coefficient (Wildman–Crippen LogP) is 2.92. The van der Waals surface area contributed by atoms with Crippen molar-refractivity contribution in [3.8, 4) is 5.69 Å². The van der Waals surface area contributed by atoms with Crippen molar-refractivity contribution in [1.82, 2.24) is 30.2 Å². The summed E-state index contributed by atoms with van der Waals surface area (Å²) in [5.74, 6) is 2.18. The highest BCUT2D eigenvalue weighted by molar-refractivity contribution is 5.74. The fraction of sp³-hybridized carbons (Fsp3) is 0.263. The second-order valence-electron chi connectivity index (χ2n) is 6.65. The number of rotatable bonds is 3. The molecular weight excluding hydrogens is 326 g/mol. The van der Waals surface area contributed by atoms with Crippen LogP contribution < -0.4 is 4.90 Å². The smallest absolute Gasteiger partial charge is 0.250 e. The number of fused-ring (bicyclic) bond motifs is 1. The van der Waals surface area contributed by atoms with Gasteiger partial charge in [-0.25, -0.2) is 4.98 Å². The van der Waals surface area contributed by atoms with Gasteiger partial charge < -0.3 is 9.88 Å². The van der Waals surface area contributed by atoms with Crippen molar-refractivity contribution in [2.24, 2.45) is 0 Å². The quantitative estimate of drug-likeness (QED) is 0.618. The molecule has 1 unspecified atom stereocenters. The molecule has 2 aromatic carbocycles. The van der Waals surface area contributed by atoms with Crippen LogP contribution >= 0.6 is 0 Å². The molecule has 0 radical (unpaired) electrons. The number of hydrogen-bond donors (Lipinski definition) is 1. The van der Waals surface area contributed by atoms with E-state index >= 15 is 0 Å². The van der Waals surface area contributed by atoms with Crippen LogP contribution in [0.3, 0.4) is 0 Å². The highest BCUT2D eigenvalue weighted by atomic mass is 15.6. The molecule has 5 rings (SSSR count). The molecule has 7 nitrogen and oxygen atoms in total. The van der Waals surface area contributed by atoms with Gasteiger partial charge in [0.05, 0.1) is 16.7 Å². The zero-order chi connectivity index (χ0) is 17.3. The van der Waals surface area contributed by atoms with E-state index in [9.17, 15) is 0 Å². The third-order valence-corrected chi connectivity index (χ3v) is 4.95. The van der Waals surface area contributed by atoms with Gasteiger partial charge in [0.15, 0.2) is 0 Å². The third-order valence-electron chi connectivity index (χ3n) is 4.95. The van der Waals surface area contributed by atoms with Gasteiger partial charge in [-0.1, -0.05) is 35.4 Å². The van der Waals surface area contributed by atoms with Gasteiger partial charge in [-0.3, -0.25) is 0 Å². The minimum Gasteiger partial charge on any atom is -0.342 e. The lowest BCUT2D eigenvalue weighted by molar-refractivity contribution is 0.486. The van der Waals surface area contributed by atoms with E-state index in [0.717, 1.165) is 54.4 Å². The highest BCUT2D eigenvalue weighted by Crippen LogP contribution is 2.29.